The number of aromatic nitrogens is 12. The Morgan fingerprint density at radius 3 is 0.777 bits per heavy atom. The summed E-state index contributed by atoms with van der Waals surface area (Å²) in [5, 5.41) is 57.0. The van der Waals surface area contributed by atoms with Gasteiger partial charge in [-0.1, -0.05) is 158 Å². The van der Waals surface area contributed by atoms with Crippen molar-refractivity contribution in [2.75, 3.05) is 56.4 Å². The van der Waals surface area contributed by atoms with E-state index in [1.165, 1.54) is 79.4 Å². The Labute approximate surface area is 710 Å². The van der Waals surface area contributed by atoms with Crippen LogP contribution in [-0.4, -0.2) is 159 Å². The molecular formula is C100H101N17O4. The molecule has 3 aromatic heterocycles. The molecule has 0 amide bonds. The number of benzene rings is 8. The maximum atomic E-state index is 9.10. The number of hydrogen-bond donors (Lipinski definition) is 0. The van der Waals surface area contributed by atoms with Crippen LogP contribution in [0.2, 0.25) is 0 Å². The SMILES string of the molecule is Cc1ccc2c(c1)OC1=CC(=[N+](C)C)C=CC1C2c1ccc(-c2nnc(C)nn2)cc1.Cc1ccc2c(c1)OC1=CC(=[N+](C)C)C=CC1C2c1ccc(-c2nncnn2)cc1.Cc1ccc2c(c1)OC1=CC(=[N+](C)C)C=CC1C2c1ccc(-c2nncnn2)cc1.Cc1ccc2c(c1)OC1=CC(=[N+](C)C)C=CC1C2c1ccc(C#N)cc1.[CH3-].[CH3-].[CH3-].[CH3-]. The molecule has 11 aromatic rings. The molecule has 8 aliphatic rings. The average molecular weight is 1610 g/mol. The van der Waals surface area contributed by atoms with Gasteiger partial charge in [0.15, 0.2) is 18.5 Å². The zero-order valence-electron chi connectivity index (χ0n) is 71.6. The predicted molar refractivity (Wildman–Crippen MR) is 477 cm³/mol. The molecule has 21 nitrogen and oxygen atoms in total. The lowest BCUT2D eigenvalue weighted by Crippen LogP contribution is -2.28. The van der Waals surface area contributed by atoms with E-state index in [1.54, 1.807) is 6.92 Å². The standard InChI is InChI=1S/C25H24N5O.2C24H22N5O.C23H21N2O.4CH3/c1-15-5-11-20-22(13-15)31-23-14-19(30(3)4)10-12-21(23)24(20)17-6-8-18(9-7-17)25-28-26-16(2)27-29-25;2*1-15-4-10-19-21(12-15)30-22-13-18(29(2)3)9-11-20(22)23(19)16-5-7-17(8-6-16)24-27-25-14-26-28-24;1-15-4-10-19-21(12-15)26-22-13-18(25(2)3)9-11-20(22)23(19)17-7-5-16(14-24)6-8-17;;;;/h5-14,21,24H,1-4H3;2*4-14,20,23H,1-3H3;4-13,20,23H,1-3H3;4*1H3/q4*+1;4*-1. The molecule has 4 aliphatic heterocycles. The normalized spacial score (nSPS) is 18.9. The molecule has 0 radical (unpaired) electrons. The summed E-state index contributed by atoms with van der Waals surface area (Å²) in [6, 6.07) is 61.0. The van der Waals surface area contributed by atoms with Crippen molar-refractivity contribution >= 4 is 22.8 Å². The molecule has 8 unspecified atom stereocenters. The Hall–Kier alpha value is -14.1. The van der Waals surface area contributed by atoms with E-state index in [1.807, 2.05) is 105 Å². The Morgan fingerprint density at radius 2 is 0.537 bits per heavy atom. The van der Waals surface area contributed by atoms with Crippen molar-refractivity contribution in [1.82, 2.24) is 61.2 Å². The van der Waals surface area contributed by atoms with Crippen LogP contribution in [0, 0.1) is 99.3 Å². The van der Waals surface area contributed by atoms with Gasteiger partial charge in [0.2, 0.25) is 40.3 Å². The summed E-state index contributed by atoms with van der Waals surface area (Å²) in [7, 11) is 16.3. The summed E-state index contributed by atoms with van der Waals surface area (Å²) >= 11 is 0. The van der Waals surface area contributed by atoms with Crippen LogP contribution in [0.15, 0.2) is 278 Å². The molecule has 7 heterocycles. The van der Waals surface area contributed by atoms with Gasteiger partial charge in [-0.25, -0.2) is 18.3 Å². The molecule has 21 heteroatoms. The fraction of sp³-hybridized carbons (Fsp3) is 0.210. The number of nitrogens with zero attached hydrogens (tertiary/aromatic N) is 17. The predicted octanol–water partition coefficient (Wildman–Crippen LogP) is 16.9. The van der Waals surface area contributed by atoms with E-state index in [9.17, 15) is 0 Å². The molecule has 4 aliphatic carbocycles. The van der Waals surface area contributed by atoms with Gasteiger partial charge in [0, 0.05) is 135 Å². The molecule has 0 spiro atoms. The van der Waals surface area contributed by atoms with Gasteiger partial charge in [-0.15, -0.1) is 61.2 Å². The summed E-state index contributed by atoms with van der Waals surface area (Å²) in [5.41, 5.74) is 22.3. The molecule has 0 bridgehead atoms. The zero-order chi connectivity index (χ0) is 81.1. The van der Waals surface area contributed by atoms with Crippen molar-refractivity contribution in [3.05, 3.63) is 386 Å². The van der Waals surface area contributed by atoms with Crippen molar-refractivity contribution in [1.29, 1.82) is 5.26 Å². The van der Waals surface area contributed by atoms with Gasteiger partial charge in [-0.05, 0) is 116 Å². The maximum Gasteiger partial charge on any atom is 0.203 e. The number of nitriles is 1. The fourth-order valence-electron chi connectivity index (χ4n) is 16.0. The third-order valence-corrected chi connectivity index (χ3v) is 22.2. The lowest BCUT2D eigenvalue weighted by Gasteiger charge is -2.35. The number of hydrogen-bond acceptors (Lipinski definition) is 17. The highest BCUT2D eigenvalue weighted by Crippen LogP contribution is 2.52. The Kier molecular flexibility index (Phi) is 26.5. The first-order valence-electron chi connectivity index (χ1n) is 39.0. The minimum absolute atomic E-state index is 0. The van der Waals surface area contributed by atoms with Crippen LogP contribution in [-0.2, 0) is 0 Å². The third kappa shape index (κ3) is 18.3. The molecule has 8 atom stereocenters. The summed E-state index contributed by atoms with van der Waals surface area (Å²) in [5.74, 6) is 11.0. The van der Waals surface area contributed by atoms with Gasteiger partial charge in [0.05, 0.1) is 11.6 Å². The zero-order valence-corrected chi connectivity index (χ0v) is 71.6. The van der Waals surface area contributed by atoms with Gasteiger partial charge in [0.25, 0.3) is 0 Å². The molecule has 8 aromatic carbocycles. The van der Waals surface area contributed by atoms with E-state index >= 15 is 0 Å². The highest BCUT2D eigenvalue weighted by molar-refractivity contribution is 6.03. The van der Waals surface area contributed by atoms with Crippen molar-refractivity contribution in [3.63, 3.8) is 0 Å². The number of ether oxygens (including phenoxy) is 4. The smallest absolute Gasteiger partial charge is 0.203 e. The van der Waals surface area contributed by atoms with Crippen LogP contribution in [0.25, 0.3) is 34.2 Å². The fourth-order valence-corrected chi connectivity index (χ4v) is 16.0. The molecule has 19 rings (SSSR count). The van der Waals surface area contributed by atoms with Crippen LogP contribution >= 0.6 is 0 Å². The van der Waals surface area contributed by atoms with E-state index < -0.39 is 0 Å². The highest BCUT2D eigenvalue weighted by atomic mass is 16.5. The first-order chi connectivity index (χ1) is 56.7. The number of aryl methyl sites for hydroxylation is 5. The lowest BCUT2D eigenvalue weighted by atomic mass is 9.75. The van der Waals surface area contributed by atoms with Crippen molar-refractivity contribution < 1.29 is 37.2 Å². The second-order valence-corrected chi connectivity index (χ2v) is 31.1. The van der Waals surface area contributed by atoms with Crippen LogP contribution < -0.4 is 18.9 Å². The topological polar surface area (TPSA) is 227 Å². The number of fused-ring (bicyclic) bond motifs is 8. The molecule has 0 N–H and O–H groups in total. The average Bonchev–Trinajstić information content (AvgIpc) is 0.769. The number of rotatable bonds is 7. The summed E-state index contributed by atoms with van der Waals surface area (Å²) < 4.78 is 33.8. The second kappa shape index (κ2) is 37.2. The van der Waals surface area contributed by atoms with Gasteiger partial charge < -0.3 is 48.7 Å². The Bertz CT molecular complexity index is 5930. The van der Waals surface area contributed by atoms with Gasteiger partial charge in [-0.2, -0.15) is 5.26 Å². The van der Waals surface area contributed by atoms with Crippen molar-refractivity contribution in [2.45, 2.75) is 58.3 Å². The summed E-state index contributed by atoms with van der Waals surface area (Å²) in [6.45, 7) is 10.1. The van der Waals surface area contributed by atoms with Crippen molar-refractivity contribution in [2.24, 2.45) is 23.7 Å². The Balaban J connectivity index is 0.000000146. The number of allylic oxidation sites excluding steroid dienone is 12. The highest BCUT2D eigenvalue weighted by Gasteiger charge is 2.42. The molecule has 121 heavy (non-hydrogen) atoms. The van der Waals surface area contributed by atoms with Gasteiger partial charge in [-0.3, -0.25) is 0 Å². The van der Waals surface area contributed by atoms with Crippen LogP contribution in [0.4, 0.5) is 0 Å². The van der Waals surface area contributed by atoms with Crippen LogP contribution in [0.1, 0.15) is 102 Å². The van der Waals surface area contributed by atoms with E-state index in [0.29, 0.717) is 28.9 Å². The summed E-state index contributed by atoms with van der Waals surface area (Å²) in [6.07, 6.45) is 28.9. The second-order valence-electron chi connectivity index (χ2n) is 31.1. The van der Waals surface area contributed by atoms with Gasteiger partial charge in [0.1, 0.15) is 102 Å². The van der Waals surface area contributed by atoms with E-state index in [0.717, 1.165) is 85.6 Å². The quantitative estimate of drug-likeness (QED) is 0.107. The van der Waals surface area contributed by atoms with E-state index in [-0.39, 0.29) is 77.0 Å². The lowest BCUT2D eigenvalue weighted by molar-refractivity contribution is -0.462. The molecule has 0 saturated carbocycles. The monoisotopic (exact) mass is 1600 g/mol. The maximum absolute atomic E-state index is 9.10. The van der Waals surface area contributed by atoms with Crippen LogP contribution in [0.3, 0.4) is 0 Å². The largest absolute Gasteiger partial charge is 0.460 e. The molecule has 0 saturated heterocycles. The van der Waals surface area contributed by atoms with Crippen LogP contribution in [0.5, 0.6) is 23.0 Å². The molecule has 0 fully saturated rings. The first-order valence-corrected chi connectivity index (χ1v) is 39.0. The van der Waals surface area contributed by atoms with E-state index in [4.69, 9.17) is 24.2 Å². The third-order valence-electron chi connectivity index (χ3n) is 22.2. The van der Waals surface area contributed by atoms with Crippen molar-refractivity contribution in [3.8, 4) is 63.2 Å². The first kappa shape index (κ1) is 86.2. The van der Waals surface area contributed by atoms with Gasteiger partial charge >= 0.3 is 0 Å². The molecule has 610 valence electrons. The molecular weight excluding hydrogens is 1500 g/mol. The minimum atomic E-state index is 0. The minimum Gasteiger partial charge on any atom is -0.460 e. The Morgan fingerprint density at radius 1 is 0.298 bits per heavy atom. The van der Waals surface area contributed by atoms with E-state index in [2.05, 4.69) is 307 Å². The summed E-state index contributed by atoms with van der Waals surface area (Å²) in [4.78, 5) is 0.